The average molecular weight is 265 g/mol. The van der Waals surface area contributed by atoms with E-state index in [0.29, 0.717) is 5.56 Å². The van der Waals surface area contributed by atoms with Crippen LogP contribution in [0.2, 0.25) is 0 Å². The van der Waals surface area contributed by atoms with Crippen molar-refractivity contribution in [3.8, 4) is 0 Å². The van der Waals surface area contributed by atoms with E-state index in [1.165, 1.54) is 5.56 Å². The summed E-state index contributed by atoms with van der Waals surface area (Å²) in [5.41, 5.74) is 8.37. The van der Waals surface area contributed by atoms with E-state index in [1.807, 2.05) is 24.5 Å². The van der Waals surface area contributed by atoms with Gasteiger partial charge in [0.25, 0.3) is 5.56 Å². The Morgan fingerprint density at radius 1 is 1.50 bits per heavy atom. The van der Waals surface area contributed by atoms with Gasteiger partial charge in [-0.2, -0.15) is 0 Å². The number of nitrogens with two attached hydrogens (primary N) is 1. The number of hydrogen-bond donors (Lipinski definition) is 1. The highest BCUT2D eigenvalue weighted by Crippen LogP contribution is 2.20. The van der Waals surface area contributed by atoms with Crippen LogP contribution in [-0.4, -0.2) is 28.0 Å². The Balaban J connectivity index is 2.71. The molecule has 0 fully saturated rings. The summed E-state index contributed by atoms with van der Waals surface area (Å²) in [5, 5.41) is 0. The van der Waals surface area contributed by atoms with Crippen molar-refractivity contribution in [3.63, 3.8) is 0 Å². The molecule has 0 unspecified atom stereocenters. The molecule has 5 heteroatoms. The number of hydrogen-bond acceptors (Lipinski definition) is 3. The summed E-state index contributed by atoms with van der Waals surface area (Å²) >= 11 is 4.98. The van der Waals surface area contributed by atoms with Gasteiger partial charge in [0.2, 0.25) is 0 Å². The van der Waals surface area contributed by atoms with Crippen LogP contribution in [0.15, 0.2) is 10.9 Å². The first-order valence-electron chi connectivity index (χ1n) is 6.17. The molecule has 1 aliphatic rings. The standard InChI is InChI=1S/C13H19N3OS/c1-8(2)16-11-4-5-15(3)7-9(11)6-10(12(14)18)13(16)17/h6,8H,4-5,7H2,1-3H3,(H2,14,18). The Bertz CT molecular complexity index is 548. The lowest BCUT2D eigenvalue weighted by Crippen LogP contribution is -2.38. The molecule has 0 atom stereocenters. The molecule has 0 radical (unpaired) electrons. The van der Waals surface area contributed by atoms with Crippen molar-refractivity contribution in [3.05, 3.63) is 33.2 Å². The van der Waals surface area contributed by atoms with Crippen LogP contribution in [0.1, 0.15) is 36.7 Å². The Labute approximate surface area is 112 Å². The summed E-state index contributed by atoms with van der Waals surface area (Å²) in [4.78, 5) is 14.8. The average Bonchev–Trinajstić information content (AvgIpc) is 2.27. The maximum absolute atomic E-state index is 12.4. The van der Waals surface area contributed by atoms with Crippen molar-refractivity contribution in [2.75, 3.05) is 13.6 Å². The number of likely N-dealkylation sites (N-methyl/N-ethyl adjacent to an activating group) is 1. The molecule has 0 bridgehead atoms. The molecule has 0 aliphatic carbocycles. The van der Waals surface area contributed by atoms with Gasteiger partial charge in [-0.15, -0.1) is 0 Å². The van der Waals surface area contributed by atoms with Gasteiger partial charge in [0, 0.05) is 31.2 Å². The second-order valence-electron chi connectivity index (χ2n) is 5.15. The Kier molecular flexibility index (Phi) is 3.54. The normalized spacial score (nSPS) is 15.8. The fourth-order valence-corrected chi connectivity index (χ4v) is 2.68. The first kappa shape index (κ1) is 13.2. The van der Waals surface area contributed by atoms with Crippen molar-refractivity contribution in [1.29, 1.82) is 0 Å². The number of rotatable bonds is 2. The van der Waals surface area contributed by atoms with Crippen LogP contribution in [0.4, 0.5) is 0 Å². The second kappa shape index (κ2) is 4.82. The lowest BCUT2D eigenvalue weighted by atomic mass is 10.0. The van der Waals surface area contributed by atoms with E-state index >= 15 is 0 Å². The summed E-state index contributed by atoms with van der Waals surface area (Å²) in [5.74, 6) is 0. The molecule has 4 nitrogen and oxygen atoms in total. The van der Waals surface area contributed by atoms with Crippen LogP contribution in [0.5, 0.6) is 0 Å². The summed E-state index contributed by atoms with van der Waals surface area (Å²) < 4.78 is 1.84. The fraction of sp³-hybridized carbons (Fsp3) is 0.538. The molecule has 1 aromatic rings. The quantitative estimate of drug-likeness (QED) is 0.812. The van der Waals surface area contributed by atoms with Gasteiger partial charge in [0.15, 0.2) is 0 Å². The minimum absolute atomic E-state index is 0.0548. The van der Waals surface area contributed by atoms with Crippen molar-refractivity contribution in [2.45, 2.75) is 32.9 Å². The highest BCUT2D eigenvalue weighted by atomic mass is 32.1. The monoisotopic (exact) mass is 265 g/mol. The van der Waals surface area contributed by atoms with E-state index in [1.54, 1.807) is 0 Å². The number of aromatic nitrogens is 1. The van der Waals surface area contributed by atoms with Gasteiger partial charge >= 0.3 is 0 Å². The fourth-order valence-electron chi connectivity index (χ4n) is 2.53. The zero-order chi connectivity index (χ0) is 13.4. The molecule has 1 aromatic heterocycles. The lowest BCUT2D eigenvalue weighted by Gasteiger charge is -2.29. The first-order valence-corrected chi connectivity index (χ1v) is 6.58. The molecule has 0 spiro atoms. The van der Waals surface area contributed by atoms with Crippen molar-refractivity contribution >= 4 is 17.2 Å². The topological polar surface area (TPSA) is 51.3 Å². The minimum atomic E-state index is -0.0548. The molecule has 18 heavy (non-hydrogen) atoms. The molecule has 98 valence electrons. The van der Waals surface area contributed by atoms with E-state index in [0.717, 1.165) is 25.2 Å². The van der Waals surface area contributed by atoms with Crippen molar-refractivity contribution < 1.29 is 0 Å². The van der Waals surface area contributed by atoms with Crippen LogP contribution in [0, 0.1) is 0 Å². The molecule has 0 saturated carbocycles. The zero-order valence-electron chi connectivity index (χ0n) is 11.1. The van der Waals surface area contributed by atoms with E-state index < -0.39 is 0 Å². The number of thiocarbonyl (C=S) groups is 1. The Morgan fingerprint density at radius 2 is 2.17 bits per heavy atom. The smallest absolute Gasteiger partial charge is 0.261 e. The van der Waals surface area contributed by atoms with Crippen LogP contribution >= 0.6 is 12.2 Å². The van der Waals surface area contributed by atoms with Gasteiger partial charge in [-0.05, 0) is 32.5 Å². The van der Waals surface area contributed by atoms with Crippen LogP contribution < -0.4 is 11.3 Å². The van der Waals surface area contributed by atoms with E-state index in [9.17, 15) is 4.79 Å². The SMILES string of the molecule is CC(C)n1c2c(cc(C(N)=S)c1=O)CN(C)CC2. The van der Waals surface area contributed by atoms with Crippen LogP contribution in [0.3, 0.4) is 0 Å². The predicted octanol–water partition coefficient (Wildman–Crippen LogP) is 1.05. The van der Waals surface area contributed by atoms with Gasteiger partial charge in [-0.1, -0.05) is 12.2 Å². The van der Waals surface area contributed by atoms with E-state index in [2.05, 4.69) is 11.9 Å². The molecule has 1 aliphatic heterocycles. The maximum atomic E-state index is 12.4. The summed E-state index contributed by atoms with van der Waals surface area (Å²) in [6.45, 7) is 5.86. The second-order valence-corrected chi connectivity index (χ2v) is 5.59. The summed E-state index contributed by atoms with van der Waals surface area (Å²) in [6.07, 6.45) is 0.900. The largest absolute Gasteiger partial charge is 0.389 e. The number of pyridine rings is 1. The third-order valence-electron chi connectivity index (χ3n) is 3.38. The van der Waals surface area contributed by atoms with Crippen LogP contribution in [-0.2, 0) is 13.0 Å². The molecule has 2 N–H and O–H groups in total. The Morgan fingerprint density at radius 3 is 2.72 bits per heavy atom. The van der Waals surface area contributed by atoms with Gasteiger partial charge in [-0.25, -0.2) is 0 Å². The number of fused-ring (bicyclic) bond motifs is 1. The maximum Gasteiger partial charge on any atom is 0.261 e. The summed E-state index contributed by atoms with van der Waals surface area (Å²) in [6, 6.07) is 2.00. The molecular weight excluding hydrogens is 246 g/mol. The molecule has 0 saturated heterocycles. The highest BCUT2D eigenvalue weighted by Gasteiger charge is 2.21. The molecule has 0 aromatic carbocycles. The van der Waals surface area contributed by atoms with Crippen molar-refractivity contribution in [2.24, 2.45) is 5.73 Å². The first-order chi connectivity index (χ1) is 8.41. The Hall–Kier alpha value is -1.20. The molecular formula is C13H19N3OS. The third kappa shape index (κ3) is 2.20. The molecule has 0 amide bonds. The van der Waals surface area contributed by atoms with Crippen LogP contribution in [0.25, 0.3) is 0 Å². The third-order valence-corrected chi connectivity index (χ3v) is 3.60. The highest BCUT2D eigenvalue weighted by molar-refractivity contribution is 7.80. The van der Waals surface area contributed by atoms with Gasteiger partial charge < -0.3 is 15.2 Å². The summed E-state index contributed by atoms with van der Waals surface area (Å²) in [7, 11) is 2.08. The van der Waals surface area contributed by atoms with E-state index in [-0.39, 0.29) is 16.6 Å². The minimum Gasteiger partial charge on any atom is -0.389 e. The molecule has 2 rings (SSSR count). The van der Waals surface area contributed by atoms with Gasteiger partial charge in [-0.3, -0.25) is 4.79 Å². The predicted molar refractivity (Wildman–Crippen MR) is 77.0 cm³/mol. The van der Waals surface area contributed by atoms with Gasteiger partial charge in [0.05, 0.1) is 5.56 Å². The van der Waals surface area contributed by atoms with E-state index in [4.69, 9.17) is 18.0 Å². The zero-order valence-corrected chi connectivity index (χ0v) is 11.9. The number of nitrogens with zero attached hydrogens (tertiary/aromatic N) is 2. The molecule has 2 heterocycles. The van der Waals surface area contributed by atoms with Gasteiger partial charge in [0.1, 0.15) is 4.99 Å². The lowest BCUT2D eigenvalue weighted by molar-refractivity contribution is 0.301. The van der Waals surface area contributed by atoms with Crippen molar-refractivity contribution in [1.82, 2.24) is 9.47 Å².